The molecular formula is C23H21NO6S. The Bertz CT molecular complexity index is 1150. The molecule has 0 saturated carbocycles. The molecule has 31 heavy (non-hydrogen) atoms. The summed E-state index contributed by atoms with van der Waals surface area (Å²) in [5.74, 6) is 0.327. The number of fused-ring (bicyclic) bond motifs is 1. The molecule has 3 aromatic rings. The van der Waals surface area contributed by atoms with Gasteiger partial charge in [0.2, 0.25) is 5.91 Å². The summed E-state index contributed by atoms with van der Waals surface area (Å²) in [5.41, 5.74) is 2.53. The Kier molecular flexibility index (Phi) is 5.56. The second-order valence-corrected chi connectivity index (χ2v) is 8.04. The molecule has 0 fully saturated rings. The van der Waals surface area contributed by atoms with Gasteiger partial charge >= 0.3 is 5.97 Å². The number of ether oxygens (including phenoxy) is 3. The number of carbonyl (C=O) groups is 2. The zero-order valence-corrected chi connectivity index (χ0v) is 18.0. The highest BCUT2D eigenvalue weighted by Crippen LogP contribution is 2.51. The number of hydrogen-bond acceptors (Lipinski definition) is 6. The summed E-state index contributed by atoms with van der Waals surface area (Å²) in [6.07, 6.45) is 0.192. The van der Waals surface area contributed by atoms with Gasteiger partial charge in [0.1, 0.15) is 22.1 Å². The maximum atomic E-state index is 12.7. The van der Waals surface area contributed by atoms with Crippen LogP contribution in [0, 0.1) is 0 Å². The van der Waals surface area contributed by atoms with Gasteiger partial charge in [-0.15, -0.1) is 11.3 Å². The zero-order chi connectivity index (χ0) is 22.1. The first-order valence-corrected chi connectivity index (χ1v) is 10.3. The number of hydrogen-bond donors (Lipinski definition) is 2. The van der Waals surface area contributed by atoms with E-state index in [4.69, 9.17) is 14.2 Å². The Hall–Kier alpha value is -3.52. The zero-order valence-electron chi connectivity index (χ0n) is 17.2. The molecule has 4 rings (SSSR count). The molecule has 0 aliphatic carbocycles. The van der Waals surface area contributed by atoms with Crippen molar-refractivity contribution in [2.45, 2.75) is 12.3 Å². The number of nitrogens with one attached hydrogen (secondary N) is 1. The fourth-order valence-corrected chi connectivity index (χ4v) is 5.06. The van der Waals surface area contributed by atoms with Crippen molar-refractivity contribution in [1.29, 1.82) is 0 Å². The van der Waals surface area contributed by atoms with Crippen LogP contribution in [0.1, 0.15) is 32.5 Å². The molecule has 1 amide bonds. The van der Waals surface area contributed by atoms with Crippen LogP contribution in [0.3, 0.4) is 0 Å². The van der Waals surface area contributed by atoms with Crippen molar-refractivity contribution < 1.29 is 28.9 Å². The third-order valence-corrected chi connectivity index (χ3v) is 6.59. The van der Waals surface area contributed by atoms with Crippen LogP contribution in [0.5, 0.6) is 17.2 Å². The quantitative estimate of drug-likeness (QED) is 0.582. The lowest BCUT2D eigenvalue weighted by Gasteiger charge is -2.25. The van der Waals surface area contributed by atoms with Crippen LogP contribution in [-0.4, -0.2) is 38.3 Å². The van der Waals surface area contributed by atoms with E-state index < -0.39 is 5.97 Å². The standard InChI is InChI=1S/C23H21NO6S/c1-28-13-6-4-12(5-7-13)19-20-21(31-22(19)23(26)27)16(11-18(25)24-20)15-9-8-14(29-2)10-17(15)30-3/h4-10,16H,11H2,1-3H3,(H,24,25)(H,26,27)/t16-/m0/s1. The van der Waals surface area contributed by atoms with Gasteiger partial charge in [-0.25, -0.2) is 4.79 Å². The van der Waals surface area contributed by atoms with Crippen molar-refractivity contribution in [2.75, 3.05) is 26.6 Å². The Morgan fingerprint density at radius 1 is 1.03 bits per heavy atom. The Labute approximate surface area is 183 Å². The summed E-state index contributed by atoms with van der Waals surface area (Å²) in [4.78, 5) is 25.7. The number of amides is 1. The molecule has 1 aliphatic heterocycles. The van der Waals surface area contributed by atoms with E-state index in [0.29, 0.717) is 34.1 Å². The summed E-state index contributed by atoms with van der Waals surface area (Å²) in [7, 11) is 4.69. The van der Waals surface area contributed by atoms with E-state index in [0.717, 1.165) is 10.4 Å². The highest BCUT2D eigenvalue weighted by Gasteiger charge is 2.35. The topological polar surface area (TPSA) is 94.1 Å². The molecule has 1 aliphatic rings. The van der Waals surface area contributed by atoms with E-state index >= 15 is 0 Å². The predicted octanol–water partition coefficient (Wildman–Crippen LogP) is 4.61. The number of carbonyl (C=O) groups excluding carboxylic acids is 1. The average molecular weight is 439 g/mol. The molecule has 2 N–H and O–H groups in total. The molecule has 2 heterocycles. The van der Waals surface area contributed by atoms with Gasteiger partial charge in [0.15, 0.2) is 0 Å². The van der Waals surface area contributed by atoms with E-state index in [9.17, 15) is 14.7 Å². The monoisotopic (exact) mass is 439 g/mol. The SMILES string of the molecule is COc1ccc(-c2c(C(=O)O)sc3c2NC(=O)C[C@H]3c2ccc(OC)cc2OC)cc1. The summed E-state index contributed by atoms with van der Waals surface area (Å²) < 4.78 is 16.0. The van der Waals surface area contributed by atoms with E-state index in [1.807, 2.05) is 6.07 Å². The summed E-state index contributed by atoms with van der Waals surface area (Å²) in [6.45, 7) is 0. The van der Waals surface area contributed by atoms with Crippen LogP contribution < -0.4 is 19.5 Å². The van der Waals surface area contributed by atoms with E-state index in [1.54, 1.807) is 57.7 Å². The van der Waals surface area contributed by atoms with Crippen molar-refractivity contribution in [1.82, 2.24) is 0 Å². The highest BCUT2D eigenvalue weighted by atomic mass is 32.1. The van der Waals surface area contributed by atoms with Crippen molar-refractivity contribution in [2.24, 2.45) is 0 Å². The van der Waals surface area contributed by atoms with E-state index in [1.165, 1.54) is 11.3 Å². The third kappa shape index (κ3) is 3.70. The third-order valence-electron chi connectivity index (χ3n) is 5.29. The van der Waals surface area contributed by atoms with Gasteiger partial charge in [-0.3, -0.25) is 4.79 Å². The number of thiophene rings is 1. The molecule has 0 saturated heterocycles. The Morgan fingerprint density at radius 3 is 2.32 bits per heavy atom. The van der Waals surface area contributed by atoms with Gasteiger partial charge in [0.05, 0.1) is 27.0 Å². The second kappa shape index (κ2) is 8.31. The molecule has 0 bridgehead atoms. The lowest BCUT2D eigenvalue weighted by atomic mass is 9.88. The van der Waals surface area contributed by atoms with Crippen LogP contribution in [0.4, 0.5) is 5.69 Å². The minimum atomic E-state index is -1.04. The van der Waals surface area contributed by atoms with Crippen LogP contribution >= 0.6 is 11.3 Å². The number of methoxy groups -OCH3 is 3. The number of aromatic carboxylic acids is 1. The van der Waals surface area contributed by atoms with Crippen molar-refractivity contribution in [3.63, 3.8) is 0 Å². The second-order valence-electron chi connectivity index (χ2n) is 6.99. The summed E-state index contributed by atoms with van der Waals surface area (Å²) >= 11 is 1.18. The number of carboxylic acid groups (broad SMARTS) is 1. The van der Waals surface area contributed by atoms with Crippen molar-refractivity contribution >= 4 is 28.9 Å². The van der Waals surface area contributed by atoms with Gasteiger partial charge in [-0.05, 0) is 23.8 Å². The van der Waals surface area contributed by atoms with Gasteiger partial charge in [-0.1, -0.05) is 18.2 Å². The molecular weight excluding hydrogens is 418 g/mol. The fourth-order valence-electron chi connectivity index (χ4n) is 3.83. The summed E-state index contributed by atoms with van der Waals surface area (Å²) in [5, 5.41) is 12.8. The molecule has 0 spiro atoms. The largest absolute Gasteiger partial charge is 0.497 e. The first kappa shape index (κ1) is 20.7. The molecule has 0 unspecified atom stereocenters. The van der Waals surface area contributed by atoms with Crippen molar-refractivity contribution in [3.05, 3.63) is 57.8 Å². The minimum Gasteiger partial charge on any atom is -0.497 e. The molecule has 8 heteroatoms. The molecule has 160 valence electrons. The van der Waals surface area contributed by atoms with Crippen molar-refractivity contribution in [3.8, 4) is 28.4 Å². The van der Waals surface area contributed by atoms with E-state index in [2.05, 4.69) is 5.32 Å². The first-order chi connectivity index (χ1) is 15.0. The lowest BCUT2D eigenvalue weighted by Crippen LogP contribution is -2.22. The maximum Gasteiger partial charge on any atom is 0.346 e. The minimum absolute atomic E-state index is 0.176. The number of benzene rings is 2. The van der Waals surface area contributed by atoms with Crippen LogP contribution in [0.25, 0.3) is 11.1 Å². The predicted molar refractivity (Wildman–Crippen MR) is 118 cm³/mol. The van der Waals surface area contributed by atoms with E-state index in [-0.39, 0.29) is 23.1 Å². The van der Waals surface area contributed by atoms with Crippen LogP contribution in [-0.2, 0) is 4.79 Å². The number of anilines is 1. The number of carboxylic acids is 1. The van der Waals surface area contributed by atoms with Gasteiger partial charge < -0.3 is 24.6 Å². The molecule has 7 nitrogen and oxygen atoms in total. The van der Waals surface area contributed by atoms with Gasteiger partial charge in [0, 0.05) is 34.4 Å². The Balaban J connectivity index is 1.91. The van der Waals surface area contributed by atoms with Crippen LogP contribution in [0.15, 0.2) is 42.5 Å². The lowest BCUT2D eigenvalue weighted by molar-refractivity contribution is -0.116. The number of rotatable bonds is 6. The molecule has 1 atom stereocenters. The molecule has 1 aromatic heterocycles. The smallest absolute Gasteiger partial charge is 0.346 e. The first-order valence-electron chi connectivity index (χ1n) is 9.53. The molecule has 2 aromatic carbocycles. The van der Waals surface area contributed by atoms with Gasteiger partial charge in [0.25, 0.3) is 0 Å². The van der Waals surface area contributed by atoms with Gasteiger partial charge in [-0.2, -0.15) is 0 Å². The fraction of sp³-hybridized carbons (Fsp3) is 0.217. The molecule has 0 radical (unpaired) electrons. The Morgan fingerprint density at radius 2 is 1.71 bits per heavy atom. The van der Waals surface area contributed by atoms with Crippen LogP contribution in [0.2, 0.25) is 0 Å². The normalized spacial score (nSPS) is 15.1. The highest BCUT2D eigenvalue weighted by molar-refractivity contribution is 7.15. The average Bonchev–Trinajstić information content (AvgIpc) is 3.17. The maximum absolute atomic E-state index is 12.7. The summed E-state index contributed by atoms with van der Waals surface area (Å²) in [6, 6.07) is 12.5.